The molecular formula is C15H21N3S. The third kappa shape index (κ3) is 3.19. The van der Waals surface area contributed by atoms with Crippen molar-refractivity contribution in [1.29, 1.82) is 0 Å². The maximum atomic E-state index is 4.28. The molecule has 0 spiro atoms. The summed E-state index contributed by atoms with van der Waals surface area (Å²) in [6.07, 6.45) is 0.979. The topological polar surface area (TPSA) is 37.8 Å². The fourth-order valence-corrected chi connectivity index (χ4v) is 3.15. The van der Waals surface area contributed by atoms with Crippen molar-refractivity contribution in [2.24, 2.45) is 0 Å². The highest BCUT2D eigenvalue weighted by Crippen LogP contribution is 2.28. The van der Waals surface area contributed by atoms with Gasteiger partial charge in [-0.05, 0) is 49.0 Å². The highest BCUT2D eigenvalue weighted by atomic mass is 32.1. The average Bonchev–Trinajstić information content (AvgIpc) is 2.87. The molecule has 19 heavy (non-hydrogen) atoms. The summed E-state index contributed by atoms with van der Waals surface area (Å²) in [6.45, 7) is 6.50. The monoisotopic (exact) mass is 275 g/mol. The quantitative estimate of drug-likeness (QED) is 0.908. The lowest BCUT2D eigenvalue weighted by Crippen LogP contribution is -2.19. The van der Waals surface area contributed by atoms with Crippen LogP contribution in [0.1, 0.15) is 47.5 Å². The van der Waals surface area contributed by atoms with E-state index < -0.39 is 0 Å². The first kappa shape index (κ1) is 14.2. The Morgan fingerprint density at radius 3 is 2.63 bits per heavy atom. The molecule has 0 amide bonds. The van der Waals surface area contributed by atoms with Crippen LogP contribution in [0, 0.1) is 6.92 Å². The smallest absolute Gasteiger partial charge is 0.0829 e. The maximum absolute atomic E-state index is 4.28. The van der Waals surface area contributed by atoms with Gasteiger partial charge in [-0.1, -0.05) is 42.6 Å². The first-order chi connectivity index (χ1) is 9.13. The Bertz CT molecular complexity index is 534. The lowest BCUT2D eigenvalue weighted by Gasteiger charge is -2.17. The molecule has 2 rings (SSSR count). The van der Waals surface area contributed by atoms with Crippen LogP contribution in [0.15, 0.2) is 24.3 Å². The molecule has 1 atom stereocenters. The second-order valence-electron chi connectivity index (χ2n) is 5.15. The zero-order valence-electron chi connectivity index (χ0n) is 12.0. The number of aryl methyl sites for hydroxylation is 1. The minimum Gasteiger partial charge on any atom is -0.312 e. The number of nitrogens with one attached hydrogen (secondary N) is 1. The van der Waals surface area contributed by atoms with Gasteiger partial charge in [0, 0.05) is 6.04 Å². The van der Waals surface area contributed by atoms with Crippen LogP contribution in [-0.2, 0) is 6.42 Å². The molecule has 1 heterocycles. The van der Waals surface area contributed by atoms with Crippen molar-refractivity contribution in [2.45, 2.75) is 39.2 Å². The van der Waals surface area contributed by atoms with E-state index in [1.807, 2.05) is 7.05 Å². The van der Waals surface area contributed by atoms with Crippen molar-refractivity contribution in [3.05, 3.63) is 46.0 Å². The normalized spacial score (nSPS) is 12.9. The van der Waals surface area contributed by atoms with Crippen molar-refractivity contribution in [2.75, 3.05) is 7.05 Å². The van der Waals surface area contributed by atoms with Gasteiger partial charge in [0.2, 0.25) is 0 Å². The Labute approximate surface area is 119 Å². The molecule has 3 nitrogen and oxygen atoms in total. The molecule has 4 heteroatoms. The molecule has 102 valence electrons. The Morgan fingerprint density at radius 1 is 1.26 bits per heavy atom. The number of rotatable bonds is 5. The van der Waals surface area contributed by atoms with E-state index in [9.17, 15) is 0 Å². The van der Waals surface area contributed by atoms with Crippen molar-refractivity contribution < 1.29 is 0 Å². The first-order valence-electron chi connectivity index (χ1n) is 6.67. The van der Waals surface area contributed by atoms with Gasteiger partial charge in [0.1, 0.15) is 0 Å². The molecule has 1 aromatic heterocycles. The zero-order valence-corrected chi connectivity index (χ0v) is 12.8. The predicted molar refractivity (Wildman–Crippen MR) is 80.7 cm³/mol. The largest absolute Gasteiger partial charge is 0.312 e. The number of aromatic nitrogens is 2. The van der Waals surface area contributed by atoms with E-state index in [0.717, 1.165) is 12.1 Å². The second kappa shape index (κ2) is 6.26. The Hall–Kier alpha value is -1.26. The van der Waals surface area contributed by atoms with Crippen LogP contribution >= 0.6 is 11.5 Å². The molecule has 0 saturated carbocycles. The molecule has 1 N–H and O–H groups in total. The molecular weight excluding hydrogens is 254 g/mol. The lowest BCUT2D eigenvalue weighted by molar-refractivity contribution is 0.588. The summed E-state index contributed by atoms with van der Waals surface area (Å²) in [4.78, 5) is 1.26. The van der Waals surface area contributed by atoms with Gasteiger partial charge in [-0.3, -0.25) is 0 Å². The third-order valence-corrected chi connectivity index (χ3v) is 4.29. The number of nitrogens with zero attached hydrogens (tertiary/aromatic N) is 2. The molecule has 0 fully saturated rings. The van der Waals surface area contributed by atoms with Gasteiger partial charge in [-0.25, -0.2) is 0 Å². The van der Waals surface area contributed by atoms with Crippen molar-refractivity contribution in [3.63, 3.8) is 0 Å². The number of hydrogen-bond acceptors (Lipinski definition) is 4. The van der Waals surface area contributed by atoms with Gasteiger partial charge in [-0.15, -0.1) is 5.10 Å². The van der Waals surface area contributed by atoms with Gasteiger partial charge in [0.05, 0.1) is 10.6 Å². The van der Waals surface area contributed by atoms with Gasteiger partial charge in [-0.2, -0.15) is 0 Å². The fraction of sp³-hybridized carbons (Fsp3) is 0.467. The average molecular weight is 275 g/mol. The summed E-state index contributed by atoms with van der Waals surface area (Å²) >= 11 is 1.51. The third-order valence-electron chi connectivity index (χ3n) is 3.44. The number of benzene rings is 1. The lowest BCUT2D eigenvalue weighted by atomic mass is 9.97. The van der Waals surface area contributed by atoms with Gasteiger partial charge in [0.25, 0.3) is 0 Å². The molecule has 0 radical (unpaired) electrons. The van der Waals surface area contributed by atoms with Crippen molar-refractivity contribution in [1.82, 2.24) is 14.9 Å². The predicted octanol–water partition coefficient (Wildman–Crippen LogP) is 3.47. The van der Waals surface area contributed by atoms with Gasteiger partial charge >= 0.3 is 0 Å². The Balaban J connectivity index is 2.26. The Morgan fingerprint density at radius 2 is 2.00 bits per heavy atom. The molecule has 0 aliphatic heterocycles. The van der Waals surface area contributed by atoms with Crippen LogP contribution in [0.2, 0.25) is 0 Å². The van der Waals surface area contributed by atoms with E-state index in [-0.39, 0.29) is 0 Å². The van der Waals surface area contributed by atoms with Crippen LogP contribution in [0.25, 0.3) is 0 Å². The molecule has 1 aromatic carbocycles. The highest BCUT2D eigenvalue weighted by molar-refractivity contribution is 7.05. The van der Waals surface area contributed by atoms with Crippen LogP contribution in [0.5, 0.6) is 0 Å². The minimum absolute atomic E-state index is 0.290. The summed E-state index contributed by atoms with van der Waals surface area (Å²) < 4.78 is 4.13. The molecule has 0 aliphatic rings. The zero-order chi connectivity index (χ0) is 13.8. The van der Waals surface area contributed by atoms with E-state index in [4.69, 9.17) is 0 Å². The van der Waals surface area contributed by atoms with Crippen LogP contribution in [0.3, 0.4) is 0 Å². The van der Waals surface area contributed by atoms with Crippen LogP contribution in [-0.4, -0.2) is 16.6 Å². The minimum atomic E-state index is 0.290. The molecule has 0 saturated heterocycles. The first-order valence-corrected chi connectivity index (χ1v) is 7.44. The molecule has 2 aromatic rings. The second-order valence-corrected chi connectivity index (χ2v) is 5.93. The van der Waals surface area contributed by atoms with Crippen molar-refractivity contribution >= 4 is 11.5 Å². The van der Waals surface area contributed by atoms with Crippen molar-refractivity contribution in [3.8, 4) is 0 Å². The standard InChI is InChI=1S/C15H21N3S/c1-10(2)14-15(19-18-17-14)13(16-4)9-12-8-6-5-7-11(12)3/h5-8,10,13,16H,9H2,1-4H3. The maximum Gasteiger partial charge on any atom is 0.0829 e. The van der Waals surface area contributed by atoms with E-state index in [1.165, 1.54) is 27.5 Å². The van der Waals surface area contributed by atoms with Crippen LogP contribution in [0.4, 0.5) is 0 Å². The van der Waals surface area contributed by atoms with E-state index in [0.29, 0.717) is 12.0 Å². The molecule has 0 bridgehead atoms. The number of likely N-dealkylation sites (N-methyl/N-ethyl adjacent to an activating group) is 1. The van der Waals surface area contributed by atoms with Crippen LogP contribution < -0.4 is 5.32 Å². The fourth-order valence-electron chi connectivity index (χ4n) is 2.23. The summed E-state index contributed by atoms with van der Waals surface area (Å²) in [5.41, 5.74) is 3.84. The Kier molecular flexibility index (Phi) is 4.66. The molecule has 0 aliphatic carbocycles. The van der Waals surface area contributed by atoms with Gasteiger partial charge in [0.15, 0.2) is 0 Å². The number of hydrogen-bond donors (Lipinski definition) is 1. The van der Waals surface area contributed by atoms with E-state index >= 15 is 0 Å². The summed E-state index contributed by atoms with van der Waals surface area (Å²) in [5.74, 6) is 0.418. The highest BCUT2D eigenvalue weighted by Gasteiger charge is 2.20. The van der Waals surface area contributed by atoms with E-state index in [2.05, 4.69) is 59.9 Å². The summed E-state index contributed by atoms with van der Waals surface area (Å²) in [6, 6.07) is 8.84. The summed E-state index contributed by atoms with van der Waals surface area (Å²) in [7, 11) is 2.01. The van der Waals surface area contributed by atoms with E-state index in [1.54, 1.807) is 0 Å². The summed E-state index contributed by atoms with van der Waals surface area (Å²) in [5, 5.41) is 7.68. The molecule has 1 unspecified atom stereocenters. The SMILES string of the molecule is CNC(Cc1ccccc1C)c1snnc1C(C)C. The van der Waals surface area contributed by atoms with Gasteiger partial charge < -0.3 is 5.32 Å².